The first kappa shape index (κ1) is 5.41. The zero-order chi connectivity index (χ0) is 5.98. The van der Waals surface area contributed by atoms with Gasteiger partial charge in [-0.25, -0.2) is 4.79 Å². The van der Waals surface area contributed by atoms with Crippen LogP contribution in [0.15, 0.2) is 0 Å². The maximum Gasteiger partial charge on any atom is 0.314 e. The summed E-state index contributed by atoms with van der Waals surface area (Å²) in [6.45, 7) is 2.81. The highest BCUT2D eigenvalue weighted by atomic mass is 16.2. The van der Waals surface area contributed by atoms with E-state index in [4.69, 9.17) is 0 Å². The van der Waals surface area contributed by atoms with Gasteiger partial charge in [0.15, 0.2) is 0 Å². The van der Waals surface area contributed by atoms with E-state index in [-0.39, 0.29) is 6.03 Å². The van der Waals surface area contributed by atoms with Gasteiger partial charge >= 0.3 is 6.03 Å². The van der Waals surface area contributed by atoms with E-state index in [2.05, 4.69) is 10.6 Å². The van der Waals surface area contributed by atoms with E-state index < -0.39 is 0 Å². The molecule has 0 saturated carbocycles. The van der Waals surface area contributed by atoms with Crippen LogP contribution in [-0.2, 0) is 0 Å². The molecule has 1 saturated heterocycles. The summed E-state index contributed by atoms with van der Waals surface area (Å²) in [5.74, 6) is 0. The lowest BCUT2D eigenvalue weighted by atomic mass is 10.2. The highest BCUT2D eigenvalue weighted by Crippen LogP contribution is 1.92. The molecule has 0 unspecified atom stereocenters. The monoisotopic (exact) mass is 114 g/mol. The van der Waals surface area contributed by atoms with E-state index >= 15 is 0 Å². The van der Waals surface area contributed by atoms with Gasteiger partial charge in [0.25, 0.3) is 0 Å². The number of carbonyl (C=O) groups excluding carboxylic acids is 1. The summed E-state index contributed by atoms with van der Waals surface area (Å²) < 4.78 is 0. The molecule has 1 heterocycles. The first-order valence-electron chi connectivity index (χ1n) is 2.83. The van der Waals surface area contributed by atoms with Crippen LogP contribution in [0.2, 0.25) is 0 Å². The Bertz CT molecular complexity index is 103. The van der Waals surface area contributed by atoms with Crippen LogP contribution >= 0.6 is 0 Å². The minimum atomic E-state index is -0.0382. The van der Waals surface area contributed by atoms with Gasteiger partial charge in [0, 0.05) is 12.6 Å². The summed E-state index contributed by atoms with van der Waals surface area (Å²) in [6, 6.07) is 0.312. The van der Waals surface area contributed by atoms with E-state index in [0.29, 0.717) is 6.04 Å². The molecule has 0 bridgehead atoms. The summed E-state index contributed by atoms with van der Waals surface area (Å²) in [5, 5.41) is 5.39. The van der Waals surface area contributed by atoms with Gasteiger partial charge in [-0.05, 0) is 13.3 Å². The van der Waals surface area contributed by atoms with Gasteiger partial charge in [-0.2, -0.15) is 0 Å². The van der Waals surface area contributed by atoms with Gasteiger partial charge in [0.1, 0.15) is 0 Å². The predicted octanol–water partition coefficient (Wildman–Crippen LogP) is 0.0778. The summed E-state index contributed by atoms with van der Waals surface area (Å²) in [5.41, 5.74) is 0. The molecule has 0 aliphatic carbocycles. The molecule has 3 heteroatoms. The topological polar surface area (TPSA) is 41.1 Å². The smallest absolute Gasteiger partial charge is 0.314 e. The number of hydrogen-bond acceptors (Lipinski definition) is 1. The molecule has 46 valence electrons. The molecule has 0 aromatic rings. The first-order valence-corrected chi connectivity index (χ1v) is 2.83. The molecule has 1 atom stereocenters. The number of rotatable bonds is 0. The van der Waals surface area contributed by atoms with Gasteiger partial charge in [-0.1, -0.05) is 0 Å². The van der Waals surface area contributed by atoms with E-state index in [1.165, 1.54) is 0 Å². The first-order chi connectivity index (χ1) is 3.79. The van der Waals surface area contributed by atoms with Crippen LogP contribution < -0.4 is 10.6 Å². The minimum Gasteiger partial charge on any atom is -0.338 e. The van der Waals surface area contributed by atoms with Crippen LogP contribution in [0.3, 0.4) is 0 Å². The Hall–Kier alpha value is -0.730. The Morgan fingerprint density at radius 2 is 2.50 bits per heavy atom. The fourth-order valence-electron chi connectivity index (χ4n) is 0.749. The lowest BCUT2D eigenvalue weighted by Crippen LogP contribution is -2.47. The second-order valence-electron chi connectivity index (χ2n) is 2.09. The van der Waals surface area contributed by atoms with E-state index in [9.17, 15) is 4.79 Å². The molecule has 2 N–H and O–H groups in total. The normalized spacial score (nSPS) is 28.6. The Kier molecular flexibility index (Phi) is 1.37. The molecular formula is C5H10N2O. The number of hydrogen-bond donors (Lipinski definition) is 2. The number of urea groups is 1. The van der Waals surface area contributed by atoms with Gasteiger partial charge in [-0.3, -0.25) is 0 Å². The van der Waals surface area contributed by atoms with Crippen molar-refractivity contribution in [2.24, 2.45) is 0 Å². The molecule has 1 aliphatic rings. The Morgan fingerprint density at radius 3 is 2.88 bits per heavy atom. The third kappa shape index (κ3) is 1.12. The zero-order valence-electron chi connectivity index (χ0n) is 4.90. The Morgan fingerprint density at radius 1 is 1.75 bits per heavy atom. The predicted molar refractivity (Wildman–Crippen MR) is 30.6 cm³/mol. The average molecular weight is 114 g/mol. The van der Waals surface area contributed by atoms with Crippen LogP contribution in [0, 0.1) is 0 Å². The Labute approximate surface area is 48.5 Å². The van der Waals surface area contributed by atoms with Crippen LogP contribution in [0.1, 0.15) is 13.3 Å². The van der Waals surface area contributed by atoms with Gasteiger partial charge in [-0.15, -0.1) is 0 Å². The quantitative estimate of drug-likeness (QED) is 0.460. The average Bonchev–Trinajstić information content (AvgIpc) is 1.64. The maximum atomic E-state index is 10.5. The zero-order valence-corrected chi connectivity index (χ0v) is 4.90. The second kappa shape index (κ2) is 2.03. The molecule has 0 aromatic carbocycles. The summed E-state index contributed by atoms with van der Waals surface area (Å²) in [7, 11) is 0. The molecule has 1 aliphatic heterocycles. The SMILES string of the molecule is C[C@H]1CCNC(=O)N1. The van der Waals surface area contributed by atoms with Crippen LogP contribution in [0.25, 0.3) is 0 Å². The summed E-state index contributed by atoms with van der Waals surface area (Å²) in [4.78, 5) is 10.5. The number of nitrogens with one attached hydrogen (secondary N) is 2. The maximum absolute atomic E-state index is 10.5. The standard InChI is InChI=1S/C5H10N2O/c1-4-2-3-6-5(8)7-4/h4H,2-3H2,1H3,(H2,6,7,8)/t4-/m0/s1. The van der Waals surface area contributed by atoms with Crippen molar-refractivity contribution in [1.29, 1.82) is 0 Å². The molecule has 1 rings (SSSR count). The summed E-state index contributed by atoms with van der Waals surface area (Å²) >= 11 is 0. The molecular weight excluding hydrogens is 104 g/mol. The highest BCUT2D eigenvalue weighted by molar-refractivity contribution is 5.74. The van der Waals surface area contributed by atoms with Crippen molar-refractivity contribution < 1.29 is 4.79 Å². The highest BCUT2D eigenvalue weighted by Gasteiger charge is 2.10. The molecule has 0 radical (unpaired) electrons. The summed E-state index contributed by atoms with van der Waals surface area (Å²) in [6.07, 6.45) is 1.03. The third-order valence-electron chi connectivity index (χ3n) is 1.24. The van der Waals surface area contributed by atoms with Crippen LogP contribution in [-0.4, -0.2) is 18.6 Å². The minimum absolute atomic E-state index is 0.0382. The van der Waals surface area contributed by atoms with Crippen LogP contribution in [0.5, 0.6) is 0 Å². The molecule has 1 fully saturated rings. The third-order valence-corrected chi connectivity index (χ3v) is 1.24. The lowest BCUT2D eigenvalue weighted by molar-refractivity contribution is 0.230. The number of carbonyl (C=O) groups is 1. The van der Waals surface area contributed by atoms with Crippen molar-refractivity contribution in [2.75, 3.05) is 6.54 Å². The van der Waals surface area contributed by atoms with Crippen molar-refractivity contribution >= 4 is 6.03 Å². The van der Waals surface area contributed by atoms with Gasteiger partial charge in [0.05, 0.1) is 0 Å². The lowest BCUT2D eigenvalue weighted by Gasteiger charge is -2.19. The molecule has 3 nitrogen and oxygen atoms in total. The molecule has 0 spiro atoms. The largest absolute Gasteiger partial charge is 0.338 e. The van der Waals surface area contributed by atoms with Crippen molar-refractivity contribution in [1.82, 2.24) is 10.6 Å². The second-order valence-corrected chi connectivity index (χ2v) is 2.09. The molecule has 8 heavy (non-hydrogen) atoms. The number of amides is 2. The van der Waals surface area contributed by atoms with Crippen LogP contribution in [0.4, 0.5) is 4.79 Å². The van der Waals surface area contributed by atoms with E-state index in [0.717, 1.165) is 13.0 Å². The van der Waals surface area contributed by atoms with E-state index in [1.54, 1.807) is 0 Å². The fraction of sp³-hybridized carbons (Fsp3) is 0.800. The van der Waals surface area contributed by atoms with Gasteiger partial charge < -0.3 is 10.6 Å². The van der Waals surface area contributed by atoms with Gasteiger partial charge in [0.2, 0.25) is 0 Å². The van der Waals surface area contributed by atoms with Crippen molar-refractivity contribution in [2.45, 2.75) is 19.4 Å². The van der Waals surface area contributed by atoms with E-state index in [1.807, 2.05) is 6.92 Å². The van der Waals surface area contributed by atoms with Crippen molar-refractivity contribution in [3.8, 4) is 0 Å². The molecule has 0 aromatic heterocycles. The van der Waals surface area contributed by atoms with Crippen molar-refractivity contribution in [3.05, 3.63) is 0 Å². The fourth-order valence-corrected chi connectivity index (χ4v) is 0.749. The Balaban J connectivity index is 2.34. The van der Waals surface area contributed by atoms with Crippen molar-refractivity contribution in [3.63, 3.8) is 0 Å². The molecule has 2 amide bonds.